The fourth-order valence-corrected chi connectivity index (χ4v) is 9.35. The Morgan fingerprint density at radius 1 is 0.295 bits per heavy atom. The number of fused-ring (bicyclic) bond motifs is 7. The van der Waals surface area contributed by atoms with Crippen LogP contribution in [0.15, 0.2) is 224 Å². The molecule has 0 atom stereocenters. The molecule has 0 bridgehead atoms. The highest BCUT2D eigenvalue weighted by molar-refractivity contribution is 6.21. The molecule has 0 unspecified atom stereocenters. The van der Waals surface area contributed by atoms with Gasteiger partial charge in [0.1, 0.15) is 0 Å². The number of aromatic nitrogens is 3. The third-order valence-corrected chi connectivity index (χ3v) is 12.2. The van der Waals surface area contributed by atoms with Gasteiger partial charge in [0.05, 0.1) is 22.4 Å². The third-order valence-electron chi connectivity index (χ3n) is 12.2. The molecule has 0 radical (unpaired) electrons. The van der Waals surface area contributed by atoms with Crippen molar-refractivity contribution in [3.05, 3.63) is 224 Å². The maximum absolute atomic E-state index is 5.36. The molecule has 0 amide bonds. The lowest BCUT2D eigenvalue weighted by atomic mass is 9.87. The van der Waals surface area contributed by atoms with Gasteiger partial charge in [0.2, 0.25) is 0 Å². The van der Waals surface area contributed by atoms with E-state index in [9.17, 15) is 0 Å². The number of nitrogens with zero attached hydrogens (tertiary/aromatic N) is 3. The first-order valence-electron chi connectivity index (χ1n) is 20.8. The molecular weight excluding hydrogens is 739 g/mol. The van der Waals surface area contributed by atoms with Gasteiger partial charge in [0.25, 0.3) is 0 Å². The summed E-state index contributed by atoms with van der Waals surface area (Å²) in [7, 11) is 0. The highest BCUT2D eigenvalue weighted by Crippen LogP contribution is 2.44. The van der Waals surface area contributed by atoms with Gasteiger partial charge in [-0.05, 0) is 97.0 Å². The van der Waals surface area contributed by atoms with Crippen LogP contribution in [0.4, 0.5) is 0 Å². The highest BCUT2D eigenvalue weighted by Gasteiger charge is 2.19. The van der Waals surface area contributed by atoms with E-state index in [0.717, 1.165) is 50.5 Å². The molecule has 0 fully saturated rings. The SMILES string of the molecule is c1ccc(-c2nc(-c3cccc(-c4ccc5c6ccccc6n(-c6ccccc6)c5c4)c3)cc(-c3ccccc3-c3c4ccccc4cc4c3ccc3ccccc34)n2)cc1. The smallest absolute Gasteiger partial charge is 0.160 e. The van der Waals surface area contributed by atoms with Gasteiger partial charge in [-0.3, -0.25) is 0 Å². The largest absolute Gasteiger partial charge is 0.309 e. The van der Waals surface area contributed by atoms with Crippen LogP contribution in [0.5, 0.6) is 0 Å². The minimum atomic E-state index is 0.691. The summed E-state index contributed by atoms with van der Waals surface area (Å²) in [4.78, 5) is 10.6. The monoisotopic (exact) mass is 775 g/mol. The average Bonchev–Trinajstić information content (AvgIpc) is 3.67. The van der Waals surface area contributed by atoms with Gasteiger partial charge in [0.15, 0.2) is 5.82 Å². The van der Waals surface area contributed by atoms with Crippen molar-refractivity contribution < 1.29 is 0 Å². The second-order valence-corrected chi connectivity index (χ2v) is 15.7. The van der Waals surface area contributed by atoms with Crippen molar-refractivity contribution in [3.63, 3.8) is 0 Å². The lowest BCUT2D eigenvalue weighted by Gasteiger charge is -2.17. The Hall–Kier alpha value is -8.14. The minimum absolute atomic E-state index is 0.691. The van der Waals surface area contributed by atoms with Crippen LogP contribution in [0.1, 0.15) is 0 Å². The lowest BCUT2D eigenvalue weighted by molar-refractivity contribution is 1.18. The van der Waals surface area contributed by atoms with Gasteiger partial charge in [-0.15, -0.1) is 0 Å². The zero-order valence-electron chi connectivity index (χ0n) is 33.2. The summed E-state index contributed by atoms with van der Waals surface area (Å²) in [6.07, 6.45) is 0. The number of hydrogen-bond acceptors (Lipinski definition) is 2. The number of benzene rings is 10. The Labute approximate surface area is 353 Å². The Kier molecular flexibility index (Phi) is 8.17. The van der Waals surface area contributed by atoms with E-state index >= 15 is 0 Å². The normalized spacial score (nSPS) is 11.6. The quantitative estimate of drug-likeness (QED) is 0.124. The van der Waals surface area contributed by atoms with E-state index in [0.29, 0.717) is 5.82 Å². The molecule has 12 aromatic rings. The van der Waals surface area contributed by atoms with Gasteiger partial charge in [-0.2, -0.15) is 0 Å². The van der Waals surface area contributed by atoms with E-state index in [2.05, 4.69) is 223 Å². The second kappa shape index (κ2) is 14.3. The van der Waals surface area contributed by atoms with Crippen LogP contribution in [0.25, 0.3) is 116 Å². The first kappa shape index (κ1) is 34.9. The van der Waals surface area contributed by atoms with Crippen molar-refractivity contribution in [3.8, 4) is 61.8 Å². The molecule has 0 aliphatic heterocycles. The van der Waals surface area contributed by atoms with E-state index in [4.69, 9.17) is 9.97 Å². The molecule has 10 aromatic carbocycles. The Morgan fingerprint density at radius 3 is 1.75 bits per heavy atom. The molecule has 0 saturated heterocycles. The maximum atomic E-state index is 5.36. The van der Waals surface area contributed by atoms with Crippen molar-refractivity contribution in [2.24, 2.45) is 0 Å². The van der Waals surface area contributed by atoms with Crippen LogP contribution in [0.3, 0.4) is 0 Å². The molecule has 12 rings (SSSR count). The number of rotatable bonds is 6. The number of hydrogen-bond donors (Lipinski definition) is 0. The molecule has 2 aromatic heterocycles. The van der Waals surface area contributed by atoms with Crippen molar-refractivity contribution >= 4 is 54.1 Å². The number of para-hydroxylation sites is 2. The molecular formula is C58H37N3. The molecule has 2 heterocycles. The molecule has 0 aliphatic carbocycles. The summed E-state index contributed by atoms with van der Waals surface area (Å²) in [5, 5.41) is 9.85. The van der Waals surface area contributed by atoms with Gasteiger partial charge in [-0.1, -0.05) is 182 Å². The summed E-state index contributed by atoms with van der Waals surface area (Å²) in [6, 6.07) is 80.5. The zero-order valence-corrected chi connectivity index (χ0v) is 33.2. The summed E-state index contributed by atoms with van der Waals surface area (Å²) in [5.74, 6) is 0.691. The van der Waals surface area contributed by atoms with Crippen molar-refractivity contribution in [2.45, 2.75) is 0 Å². The van der Waals surface area contributed by atoms with Gasteiger partial charge in [0, 0.05) is 33.2 Å². The molecule has 3 nitrogen and oxygen atoms in total. The average molecular weight is 776 g/mol. The van der Waals surface area contributed by atoms with E-state index in [-0.39, 0.29) is 0 Å². The summed E-state index contributed by atoms with van der Waals surface area (Å²) in [5.41, 5.74) is 12.9. The van der Waals surface area contributed by atoms with Crippen LogP contribution in [-0.4, -0.2) is 14.5 Å². The fraction of sp³-hybridized carbons (Fsp3) is 0. The topological polar surface area (TPSA) is 30.7 Å². The van der Waals surface area contributed by atoms with Gasteiger partial charge >= 0.3 is 0 Å². The summed E-state index contributed by atoms with van der Waals surface area (Å²) < 4.78 is 2.37. The summed E-state index contributed by atoms with van der Waals surface area (Å²) in [6.45, 7) is 0. The van der Waals surface area contributed by atoms with Crippen LogP contribution in [-0.2, 0) is 0 Å². The van der Waals surface area contributed by atoms with Crippen molar-refractivity contribution in [1.82, 2.24) is 14.5 Å². The minimum Gasteiger partial charge on any atom is -0.309 e. The van der Waals surface area contributed by atoms with Crippen molar-refractivity contribution in [1.29, 1.82) is 0 Å². The molecule has 0 N–H and O–H groups in total. The lowest BCUT2D eigenvalue weighted by Crippen LogP contribution is -1.97. The molecule has 0 spiro atoms. The van der Waals surface area contributed by atoms with Crippen LogP contribution in [0, 0.1) is 0 Å². The van der Waals surface area contributed by atoms with Crippen LogP contribution < -0.4 is 0 Å². The third kappa shape index (κ3) is 5.90. The first-order chi connectivity index (χ1) is 30.2. The molecule has 0 saturated carbocycles. The fourth-order valence-electron chi connectivity index (χ4n) is 9.35. The first-order valence-corrected chi connectivity index (χ1v) is 20.8. The van der Waals surface area contributed by atoms with Crippen LogP contribution in [0.2, 0.25) is 0 Å². The van der Waals surface area contributed by atoms with E-state index in [1.54, 1.807) is 0 Å². The Balaban J connectivity index is 1.05. The highest BCUT2D eigenvalue weighted by atomic mass is 15.0. The van der Waals surface area contributed by atoms with Crippen LogP contribution >= 0.6 is 0 Å². The predicted octanol–water partition coefficient (Wildman–Crippen LogP) is 15.4. The molecule has 0 aliphatic rings. The van der Waals surface area contributed by atoms with E-state index in [1.165, 1.54) is 59.7 Å². The Bertz CT molecular complexity index is 3640. The molecule has 284 valence electrons. The standard InChI is InChI=1S/C58H37N3/c1-3-17-39(18-4-1)58-59-53(43-21-15-20-40(34-43)41-31-32-49-48-27-13-14-29-55(48)61(56(49)36-41)44-22-5-2-6-23-44)37-54(60-58)47-26-11-12-28-50(47)57-46-25-10-8-19-42(46)35-52-45-24-9-7-16-38(45)30-33-51(52)57/h1-37H. The van der Waals surface area contributed by atoms with Gasteiger partial charge in [-0.25, -0.2) is 9.97 Å². The zero-order chi connectivity index (χ0) is 40.3. The second-order valence-electron chi connectivity index (χ2n) is 15.7. The predicted molar refractivity (Wildman–Crippen MR) is 256 cm³/mol. The summed E-state index contributed by atoms with van der Waals surface area (Å²) >= 11 is 0. The Morgan fingerprint density at radius 2 is 0.902 bits per heavy atom. The molecule has 61 heavy (non-hydrogen) atoms. The molecule has 3 heteroatoms. The van der Waals surface area contributed by atoms with E-state index < -0.39 is 0 Å². The van der Waals surface area contributed by atoms with Gasteiger partial charge < -0.3 is 4.57 Å². The maximum Gasteiger partial charge on any atom is 0.160 e. The van der Waals surface area contributed by atoms with Crippen molar-refractivity contribution in [2.75, 3.05) is 0 Å². The van der Waals surface area contributed by atoms with E-state index in [1.807, 2.05) is 6.07 Å².